The standard InChI is InChI=1S/C27H29N3O3/c1-26(2,3)19-14-17(15-20(23(19)31)27(4,5)6)16-28-30-24(22-12-9-13-33-22)29-21-11-8-7-10-18(21)25(30)32/h7-16,31H,1-6H3. The van der Waals surface area contributed by atoms with E-state index >= 15 is 0 Å². The summed E-state index contributed by atoms with van der Waals surface area (Å²) in [5, 5.41) is 16.0. The van der Waals surface area contributed by atoms with Crippen molar-refractivity contribution < 1.29 is 9.52 Å². The molecular weight excluding hydrogens is 414 g/mol. The number of nitrogens with zero attached hydrogens (tertiary/aromatic N) is 3. The summed E-state index contributed by atoms with van der Waals surface area (Å²) < 4.78 is 6.80. The van der Waals surface area contributed by atoms with E-state index in [1.807, 2.05) is 18.2 Å². The van der Waals surface area contributed by atoms with Crippen molar-refractivity contribution in [2.24, 2.45) is 5.10 Å². The van der Waals surface area contributed by atoms with E-state index in [9.17, 15) is 9.90 Å². The Morgan fingerprint density at radius 3 is 2.18 bits per heavy atom. The van der Waals surface area contributed by atoms with Gasteiger partial charge in [0, 0.05) is 11.1 Å². The third kappa shape index (κ3) is 4.33. The molecule has 0 fully saturated rings. The van der Waals surface area contributed by atoms with Crippen molar-refractivity contribution in [1.29, 1.82) is 0 Å². The largest absolute Gasteiger partial charge is 0.507 e. The van der Waals surface area contributed by atoms with E-state index in [1.54, 1.807) is 36.5 Å². The Hall–Kier alpha value is -3.67. The van der Waals surface area contributed by atoms with Crippen LogP contribution in [0.3, 0.4) is 0 Å². The Bertz CT molecular complexity index is 1360. The van der Waals surface area contributed by atoms with Crippen molar-refractivity contribution in [3.05, 3.63) is 81.8 Å². The van der Waals surface area contributed by atoms with Crippen LogP contribution in [-0.2, 0) is 10.8 Å². The highest BCUT2D eigenvalue weighted by Gasteiger charge is 2.26. The van der Waals surface area contributed by atoms with Gasteiger partial charge < -0.3 is 9.52 Å². The molecule has 0 aliphatic carbocycles. The van der Waals surface area contributed by atoms with Gasteiger partial charge in [0.05, 0.1) is 23.4 Å². The number of fused-ring (bicyclic) bond motifs is 1. The molecular formula is C27H29N3O3. The first kappa shape index (κ1) is 22.5. The predicted octanol–water partition coefficient (Wildman–Crippen LogP) is 5.84. The smallest absolute Gasteiger partial charge is 0.282 e. The molecule has 0 bridgehead atoms. The molecule has 6 heteroatoms. The van der Waals surface area contributed by atoms with Crippen LogP contribution in [0.15, 0.2) is 69.1 Å². The highest BCUT2D eigenvalue weighted by molar-refractivity contribution is 5.83. The topological polar surface area (TPSA) is 80.6 Å². The Balaban J connectivity index is 1.93. The fraction of sp³-hybridized carbons (Fsp3) is 0.296. The van der Waals surface area contributed by atoms with Crippen LogP contribution < -0.4 is 5.56 Å². The van der Waals surface area contributed by atoms with Crippen molar-refractivity contribution in [3.63, 3.8) is 0 Å². The molecule has 2 aromatic heterocycles. The summed E-state index contributed by atoms with van der Waals surface area (Å²) in [5.41, 5.74) is 2.19. The SMILES string of the molecule is CC(C)(C)c1cc(C=Nn2c(-c3ccco3)nc3ccccc3c2=O)cc(C(C)(C)C)c1O. The number of aromatic nitrogens is 2. The lowest BCUT2D eigenvalue weighted by atomic mass is 9.78. The summed E-state index contributed by atoms with van der Waals surface area (Å²) in [4.78, 5) is 17.9. The maximum atomic E-state index is 13.3. The highest BCUT2D eigenvalue weighted by atomic mass is 16.3. The number of hydrogen-bond acceptors (Lipinski definition) is 5. The first-order valence-electron chi connectivity index (χ1n) is 10.9. The maximum absolute atomic E-state index is 13.3. The minimum absolute atomic E-state index is 0.269. The van der Waals surface area contributed by atoms with Crippen LogP contribution in [0, 0.1) is 0 Å². The molecule has 1 N–H and O–H groups in total. The molecule has 0 unspecified atom stereocenters. The van der Waals surface area contributed by atoms with Crippen LogP contribution in [0.1, 0.15) is 58.2 Å². The first-order chi connectivity index (χ1) is 15.5. The highest BCUT2D eigenvalue weighted by Crippen LogP contribution is 2.39. The molecule has 4 rings (SSSR count). The van der Waals surface area contributed by atoms with E-state index in [0.717, 1.165) is 16.7 Å². The van der Waals surface area contributed by atoms with E-state index < -0.39 is 0 Å². The molecule has 0 amide bonds. The molecule has 0 aliphatic rings. The number of furan rings is 1. The zero-order valence-corrected chi connectivity index (χ0v) is 19.9. The van der Waals surface area contributed by atoms with Crippen molar-refractivity contribution in [1.82, 2.24) is 9.66 Å². The zero-order valence-electron chi connectivity index (χ0n) is 19.9. The van der Waals surface area contributed by atoms with Gasteiger partial charge in [0.2, 0.25) is 5.82 Å². The van der Waals surface area contributed by atoms with E-state index in [-0.39, 0.29) is 16.4 Å². The molecule has 0 saturated carbocycles. The molecule has 0 atom stereocenters. The molecule has 4 aromatic rings. The summed E-state index contributed by atoms with van der Waals surface area (Å²) in [7, 11) is 0. The summed E-state index contributed by atoms with van der Waals surface area (Å²) in [6.07, 6.45) is 3.17. The monoisotopic (exact) mass is 443 g/mol. The summed E-state index contributed by atoms with van der Waals surface area (Å²) in [5.74, 6) is 1.07. The molecule has 0 aliphatic heterocycles. The van der Waals surface area contributed by atoms with Gasteiger partial charge in [0.15, 0.2) is 5.76 Å². The van der Waals surface area contributed by atoms with Gasteiger partial charge in [0.1, 0.15) is 5.75 Å². The molecule has 2 aromatic carbocycles. The Kier molecular flexibility index (Phi) is 5.48. The predicted molar refractivity (Wildman–Crippen MR) is 132 cm³/mol. The van der Waals surface area contributed by atoms with E-state index in [2.05, 4.69) is 51.6 Å². The van der Waals surface area contributed by atoms with Gasteiger partial charge in [-0.1, -0.05) is 53.7 Å². The molecule has 33 heavy (non-hydrogen) atoms. The van der Waals surface area contributed by atoms with Gasteiger partial charge in [-0.3, -0.25) is 4.79 Å². The normalized spacial score (nSPS) is 12.7. The number of para-hydroxylation sites is 1. The average molecular weight is 444 g/mol. The number of phenolic OH excluding ortho intramolecular Hbond substituents is 1. The van der Waals surface area contributed by atoms with Crippen LogP contribution in [0.5, 0.6) is 5.75 Å². The molecule has 0 radical (unpaired) electrons. The Labute approximate surface area is 193 Å². The number of benzene rings is 2. The van der Waals surface area contributed by atoms with Gasteiger partial charge in [-0.15, -0.1) is 0 Å². The fourth-order valence-corrected chi connectivity index (χ4v) is 3.80. The van der Waals surface area contributed by atoms with E-state index in [1.165, 1.54) is 10.9 Å². The van der Waals surface area contributed by atoms with E-state index in [4.69, 9.17) is 4.42 Å². The minimum Gasteiger partial charge on any atom is -0.507 e. The number of rotatable bonds is 3. The summed E-state index contributed by atoms with van der Waals surface area (Å²) in [6, 6.07) is 14.5. The third-order valence-electron chi connectivity index (χ3n) is 5.57. The van der Waals surface area contributed by atoms with Crippen LogP contribution in [0.25, 0.3) is 22.5 Å². The fourth-order valence-electron chi connectivity index (χ4n) is 3.80. The Morgan fingerprint density at radius 2 is 1.61 bits per heavy atom. The maximum Gasteiger partial charge on any atom is 0.282 e. The molecule has 2 heterocycles. The van der Waals surface area contributed by atoms with Crippen LogP contribution in [-0.4, -0.2) is 21.0 Å². The number of aromatic hydroxyl groups is 1. The van der Waals surface area contributed by atoms with Gasteiger partial charge in [-0.05, 0) is 52.8 Å². The van der Waals surface area contributed by atoms with Crippen LogP contribution in [0.2, 0.25) is 0 Å². The van der Waals surface area contributed by atoms with Crippen molar-refractivity contribution in [2.75, 3.05) is 0 Å². The lowest BCUT2D eigenvalue weighted by Crippen LogP contribution is -2.20. The van der Waals surface area contributed by atoms with Crippen LogP contribution >= 0.6 is 0 Å². The molecule has 0 spiro atoms. The zero-order chi connectivity index (χ0) is 24.0. The van der Waals surface area contributed by atoms with Crippen molar-refractivity contribution in [3.8, 4) is 17.3 Å². The second kappa shape index (κ2) is 8.03. The van der Waals surface area contributed by atoms with Gasteiger partial charge in [0.25, 0.3) is 5.56 Å². The van der Waals surface area contributed by atoms with Gasteiger partial charge in [-0.25, -0.2) is 4.98 Å². The van der Waals surface area contributed by atoms with Crippen molar-refractivity contribution in [2.45, 2.75) is 52.4 Å². The minimum atomic E-state index is -0.283. The second-order valence-electron chi connectivity index (χ2n) is 10.3. The lowest BCUT2D eigenvalue weighted by molar-refractivity contribution is 0.423. The first-order valence-corrected chi connectivity index (χ1v) is 10.9. The van der Waals surface area contributed by atoms with Gasteiger partial charge in [-0.2, -0.15) is 9.78 Å². The third-order valence-corrected chi connectivity index (χ3v) is 5.57. The quantitative estimate of drug-likeness (QED) is 0.403. The second-order valence-corrected chi connectivity index (χ2v) is 10.3. The van der Waals surface area contributed by atoms with Crippen molar-refractivity contribution >= 4 is 17.1 Å². The van der Waals surface area contributed by atoms with E-state index in [0.29, 0.717) is 28.2 Å². The lowest BCUT2D eigenvalue weighted by Gasteiger charge is -2.27. The number of phenols is 1. The number of hydrogen-bond donors (Lipinski definition) is 1. The summed E-state index contributed by atoms with van der Waals surface area (Å²) in [6.45, 7) is 12.3. The van der Waals surface area contributed by atoms with Gasteiger partial charge >= 0.3 is 0 Å². The average Bonchev–Trinajstić information content (AvgIpc) is 3.27. The molecule has 6 nitrogen and oxygen atoms in total. The van der Waals surface area contributed by atoms with Crippen LogP contribution in [0.4, 0.5) is 0 Å². The molecule has 170 valence electrons. The molecule has 0 saturated heterocycles. The summed E-state index contributed by atoms with van der Waals surface area (Å²) >= 11 is 0. The Morgan fingerprint density at radius 1 is 0.970 bits per heavy atom.